The summed E-state index contributed by atoms with van der Waals surface area (Å²) in [5.74, 6) is 0. The Morgan fingerprint density at radius 2 is 0.590 bits per heavy atom. The molecule has 0 aromatic heterocycles. The number of fused-ring (bicyclic) bond motifs is 10. The molecule has 286 valence electrons. The molecule has 1 aliphatic carbocycles. The van der Waals surface area contributed by atoms with E-state index in [0.717, 1.165) is 0 Å². The van der Waals surface area contributed by atoms with Gasteiger partial charge in [-0.05, 0) is 145 Å². The third kappa shape index (κ3) is 5.53. The van der Waals surface area contributed by atoms with Crippen molar-refractivity contribution in [1.29, 1.82) is 0 Å². The molecular formula is C61H42. The highest BCUT2D eigenvalue weighted by molar-refractivity contribution is 6.23. The van der Waals surface area contributed by atoms with Crippen LogP contribution in [0.5, 0.6) is 0 Å². The molecular weight excluding hydrogens is 733 g/mol. The van der Waals surface area contributed by atoms with Crippen LogP contribution in [0.4, 0.5) is 0 Å². The van der Waals surface area contributed by atoms with Crippen LogP contribution >= 0.6 is 0 Å². The fraction of sp³-hybridized carbons (Fsp3) is 0.0492. The Labute approximate surface area is 357 Å². The Kier molecular flexibility index (Phi) is 7.99. The number of benzene rings is 11. The monoisotopic (exact) mass is 774 g/mol. The molecule has 61 heavy (non-hydrogen) atoms. The molecule has 0 N–H and O–H groups in total. The Morgan fingerprint density at radius 1 is 0.246 bits per heavy atom. The highest BCUT2D eigenvalue weighted by atomic mass is 14.4. The van der Waals surface area contributed by atoms with Crippen molar-refractivity contribution in [3.63, 3.8) is 0 Å². The van der Waals surface area contributed by atoms with Gasteiger partial charge in [0.15, 0.2) is 0 Å². The van der Waals surface area contributed by atoms with Gasteiger partial charge in [0.2, 0.25) is 0 Å². The second kappa shape index (κ2) is 13.8. The first-order chi connectivity index (χ1) is 30.0. The summed E-state index contributed by atoms with van der Waals surface area (Å²) in [5.41, 5.74) is 17.7. The average Bonchev–Trinajstić information content (AvgIpc) is 3.57. The van der Waals surface area contributed by atoms with E-state index in [0.29, 0.717) is 0 Å². The lowest BCUT2D eigenvalue weighted by Gasteiger charge is -2.24. The van der Waals surface area contributed by atoms with Crippen LogP contribution < -0.4 is 0 Å². The van der Waals surface area contributed by atoms with Crippen molar-refractivity contribution < 1.29 is 0 Å². The van der Waals surface area contributed by atoms with Gasteiger partial charge < -0.3 is 0 Å². The minimum atomic E-state index is -0.149. The predicted octanol–water partition coefficient (Wildman–Crippen LogP) is 16.9. The van der Waals surface area contributed by atoms with Gasteiger partial charge in [0.25, 0.3) is 0 Å². The molecule has 0 aliphatic heterocycles. The Balaban J connectivity index is 1.09. The molecule has 0 unspecified atom stereocenters. The van der Waals surface area contributed by atoms with Crippen LogP contribution in [0.3, 0.4) is 0 Å². The van der Waals surface area contributed by atoms with Crippen LogP contribution in [0.1, 0.15) is 25.0 Å². The first-order valence-corrected chi connectivity index (χ1v) is 21.4. The summed E-state index contributed by atoms with van der Waals surface area (Å²) < 4.78 is 0. The van der Waals surface area contributed by atoms with Crippen molar-refractivity contribution in [2.75, 3.05) is 0 Å². The summed E-state index contributed by atoms with van der Waals surface area (Å²) >= 11 is 0. The highest BCUT2D eigenvalue weighted by Crippen LogP contribution is 2.56. The molecule has 0 heterocycles. The minimum Gasteiger partial charge on any atom is -0.0622 e. The highest BCUT2D eigenvalue weighted by Gasteiger charge is 2.38. The van der Waals surface area contributed by atoms with Crippen molar-refractivity contribution in [2.45, 2.75) is 19.3 Å². The average molecular weight is 775 g/mol. The van der Waals surface area contributed by atoms with Crippen LogP contribution in [0.15, 0.2) is 218 Å². The maximum Gasteiger partial charge on any atom is 0.0165 e. The lowest BCUT2D eigenvalue weighted by atomic mass is 9.79. The first kappa shape index (κ1) is 35.4. The normalized spacial score (nSPS) is 12.9. The summed E-state index contributed by atoms with van der Waals surface area (Å²) in [6, 6.07) is 81.1. The van der Waals surface area contributed by atoms with Crippen molar-refractivity contribution in [1.82, 2.24) is 0 Å². The zero-order valence-corrected chi connectivity index (χ0v) is 34.3. The van der Waals surface area contributed by atoms with E-state index in [1.165, 1.54) is 121 Å². The van der Waals surface area contributed by atoms with Crippen LogP contribution in [0, 0.1) is 0 Å². The zero-order valence-electron chi connectivity index (χ0n) is 34.3. The predicted molar refractivity (Wildman–Crippen MR) is 261 cm³/mol. The van der Waals surface area contributed by atoms with Gasteiger partial charge in [-0.25, -0.2) is 0 Å². The van der Waals surface area contributed by atoms with Gasteiger partial charge in [-0.1, -0.05) is 208 Å². The van der Waals surface area contributed by atoms with Gasteiger partial charge in [0.05, 0.1) is 0 Å². The van der Waals surface area contributed by atoms with Gasteiger partial charge in [0, 0.05) is 5.41 Å². The smallest absolute Gasteiger partial charge is 0.0165 e. The number of rotatable bonds is 5. The summed E-state index contributed by atoms with van der Waals surface area (Å²) in [4.78, 5) is 0. The SMILES string of the molecule is CC1(C)c2ccc(-c3c4ccccc4c(-c4cc(-c5ccccc5)cc(-c5ccc(-c6ccccc6)cc5)c4)c4ccccc34)cc2-c2c1c1ccccc1c1ccccc21. The molecule has 0 amide bonds. The molecule has 1 aliphatic rings. The van der Waals surface area contributed by atoms with Gasteiger partial charge in [-0.2, -0.15) is 0 Å². The van der Waals surface area contributed by atoms with E-state index < -0.39 is 0 Å². The number of hydrogen-bond donors (Lipinski definition) is 0. The Hall–Kier alpha value is -7.54. The summed E-state index contributed by atoms with van der Waals surface area (Å²) in [6.07, 6.45) is 0. The van der Waals surface area contributed by atoms with Crippen molar-refractivity contribution >= 4 is 43.1 Å². The second-order valence-electron chi connectivity index (χ2n) is 17.2. The van der Waals surface area contributed by atoms with Gasteiger partial charge in [-0.15, -0.1) is 0 Å². The van der Waals surface area contributed by atoms with Crippen LogP contribution in [0.25, 0.3) is 110 Å². The molecule has 0 bridgehead atoms. The Bertz CT molecular complexity index is 3460. The van der Waals surface area contributed by atoms with Crippen LogP contribution in [-0.4, -0.2) is 0 Å². The molecule has 12 rings (SSSR count). The van der Waals surface area contributed by atoms with E-state index in [4.69, 9.17) is 0 Å². The molecule has 0 fully saturated rings. The molecule has 0 radical (unpaired) electrons. The molecule has 0 saturated carbocycles. The van der Waals surface area contributed by atoms with Crippen molar-refractivity contribution in [3.8, 4) is 66.8 Å². The molecule has 0 heteroatoms. The van der Waals surface area contributed by atoms with E-state index in [-0.39, 0.29) is 5.41 Å². The molecule has 11 aromatic rings. The standard InChI is InChI=1S/C61H42/c1-61(2)56-34-33-43(38-55(56)59-49-23-11-9-21-47(49)48-22-10-16-28-54(48)60(59)61)57-50-24-12-14-26-52(50)58(53-27-15-13-25-51(53)57)46-36-44(40-19-7-4-8-20-40)35-45(37-46)42-31-29-41(30-32-42)39-17-5-3-6-18-39/h3-38H,1-2H3. The van der Waals surface area contributed by atoms with E-state index in [2.05, 4.69) is 232 Å². The van der Waals surface area contributed by atoms with Crippen LogP contribution in [0.2, 0.25) is 0 Å². The van der Waals surface area contributed by atoms with E-state index in [9.17, 15) is 0 Å². The zero-order chi connectivity index (χ0) is 40.7. The summed E-state index contributed by atoms with van der Waals surface area (Å²) in [7, 11) is 0. The Morgan fingerprint density at radius 3 is 1.11 bits per heavy atom. The van der Waals surface area contributed by atoms with Gasteiger partial charge in [-0.3, -0.25) is 0 Å². The molecule has 0 nitrogen and oxygen atoms in total. The first-order valence-electron chi connectivity index (χ1n) is 21.4. The van der Waals surface area contributed by atoms with E-state index in [1.807, 2.05) is 0 Å². The van der Waals surface area contributed by atoms with Crippen LogP contribution in [-0.2, 0) is 5.41 Å². The third-order valence-electron chi connectivity index (χ3n) is 13.4. The lowest BCUT2D eigenvalue weighted by Crippen LogP contribution is -2.15. The quantitative estimate of drug-likeness (QED) is 0.121. The number of hydrogen-bond acceptors (Lipinski definition) is 0. The molecule has 0 atom stereocenters. The summed E-state index contributed by atoms with van der Waals surface area (Å²) in [6.45, 7) is 4.82. The largest absolute Gasteiger partial charge is 0.0622 e. The van der Waals surface area contributed by atoms with E-state index >= 15 is 0 Å². The topological polar surface area (TPSA) is 0 Å². The lowest BCUT2D eigenvalue weighted by molar-refractivity contribution is 0.666. The molecule has 11 aromatic carbocycles. The van der Waals surface area contributed by atoms with Gasteiger partial charge in [0.1, 0.15) is 0 Å². The second-order valence-corrected chi connectivity index (χ2v) is 17.2. The van der Waals surface area contributed by atoms with E-state index in [1.54, 1.807) is 0 Å². The van der Waals surface area contributed by atoms with Gasteiger partial charge >= 0.3 is 0 Å². The molecule has 0 spiro atoms. The minimum absolute atomic E-state index is 0.149. The van der Waals surface area contributed by atoms with Crippen molar-refractivity contribution in [2.24, 2.45) is 0 Å². The fourth-order valence-corrected chi connectivity index (χ4v) is 10.6. The fourth-order valence-electron chi connectivity index (χ4n) is 10.6. The molecule has 0 saturated heterocycles. The third-order valence-corrected chi connectivity index (χ3v) is 13.4. The maximum absolute atomic E-state index is 2.51. The maximum atomic E-state index is 2.51. The van der Waals surface area contributed by atoms with Crippen molar-refractivity contribution in [3.05, 3.63) is 230 Å². The summed E-state index contributed by atoms with van der Waals surface area (Å²) in [5, 5.41) is 10.3.